The summed E-state index contributed by atoms with van der Waals surface area (Å²) in [5.41, 5.74) is 2.74. The van der Waals surface area contributed by atoms with Crippen molar-refractivity contribution in [2.75, 3.05) is 13.7 Å². The molecule has 1 heterocycles. The Balaban J connectivity index is 1.77. The molecule has 0 atom stereocenters. The minimum absolute atomic E-state index is 0.133. The van der Waals surface area contributed by atoms with Gasteiger partial charge in [0.25, 0.3) is 5.56 Å². The maximum absolute atomic E-state index is 12.5. The molecule has 0 bridgehead atoms. The van der Waals surface area contributed by atoms with Gasteiger partial charge in [0.05, 0.1) is 17.5 Å². The van der Waals surface area contributed by atoms with Gasteiger partial charge in [-0.3, -0.25) is 4.79 Å². The van der Waals surface area contributed by atoms with Crippen molar-refractivity contribution in [1.29, 1.82) is 0 Å². The van der Waals surface area contributed by atoms with E-state index in [9.17, 15) is 13.2 Å². The van der Waals surface area contributed by atoms with Crippen molar-refractivity contribution in [1.82, 2.24) is 9.71 Å². The monoisotopic (exact) mass is 386 g/mol. The Labute approximate surface area is 158 Å². The summed E-state index contributed by atoms with van der Waals surface area (Å²) < 4.78 is 32.8. The van der Waals surface area contributed by atoms with Gasteiger partial charge >= 0.3 is 0 Å². The van der Waals surface area contributed by atoms with E-state index < -0.39 is 10.0 Å². The van der Waals surface area contributed by atoms with E-state index >= 15 is 0 Å². The Morgan fingerprint density at radius 1 is 1.07 bits per heavy atom. The smallest absolute Gasteiger partial charge is 0.251 e. The molecule has 27 heavy (non-hydrogen) atoms. The molecule has 142 valence electrons. The van der Waals surface area contributed by atoms with Gasteiger partial charge in [0, 0.05) is 12.1 Å². The first-order chi connectivity index (χ1) is 12.8. The number of sulfonamides is 1. The van der Waals surface area contributed by atoms with E-state index in [-0.39, 0.29) is 17.0 Å². The topological polar surface area (TPSA) is 88.3 Å². The summed E-state index contributed by atoms with van der Waals surface area (Å²) in [6.45, 7) is 3.78. The number of para-hydroxylation sites is 1. The Morgan fingerprint density at radius 3 is 2.56 bits per heavy atom. The lowest BCUT2D eigenvalue weighted by Gasteiger charge is -2.11. The Morgan fingerprint density at radius 2 is 1.85 bits per heavy atom. The standard InChI is InChI=1S/C20H22N2O4S/c1-13-5-4-6-15-12-16(20(23)22-19(13)15)9-10-21-27(24,25)18-8-7-17(26-3)11-14(18)2/h4-8,11-12,21H,9-10H2,1-3H3,(H,22,23). The number of methoxy groups -OCH3 is 1. The van der Waals surface area contributed by atoms with E-state index in [1.165, 1.54) is 13.2 Å². The summed E-state index contributed by atoms with van der Waals surface area (Å²) in [7, 11) is -2.13. The lowest BCUT2D eigenvalue weighted by molar-refractivity contribution is 0.414. The highest BCUT2D eigenvalue weighted by Gasteiger charge is 2.17. The van der Waals surface area contributed by atoms with Crippen LogP contribution >= 0.6 is 0 Å². The summed E-state index contributed by atoms with van der Waals surface area (Å²) >= 11 is 0. The van der Waals surface area contributed by atoms with Crippen molar-refractivity contribution in [2.45, 2.75) is 25.2 Å². The highest BCUT2D eigenvalue weighted by molar-refractivity contribution is 7.89. The Hall–Kier alpha value is -2.64. The highest BCUT2D eigenvalue weighted by Crippen LogP contribution is 2.21. The van der Waals surface area contributed by atoms with Crippen LogP contribution in [0.15, 0.2) is 52.2 Å². The van der Waals surface area contributed by atoms with Crippen LogP contribution in [0.5, 0.6) is 5.75 Å². The van der Waals surface area contributed by atoms with Gasteiger partial charge in [-0.05, 0) is 61.0 Å². The average molecular weight is 386 g/mol. The zero-order chi connectivity index (χ0) is 19.6. The zero-order valence-corrected chi connectivity index (χ0v) is 16.3. The number of fused-ring (bicyclic) bond motifs is 1. The number of hydrogen-bond donors (Lipinski definition) is 2. The third kappa shape index (κ3) is 4.04. The van der Waals surface area contributed by atoms with E-state index in [0.717, 1.165) is 16.5 Å². The molecule has 7 heteroatoms. The van der Waals surface area contributed by atoms with E-state index in [1.54, 1.807) is 19.1 Å². The Kier molecular flexibility index (Phi) is 5.34. The Bertz CT molecular complexity index is 1150. The lowest BCUT2D eigenvalue weighted by Crippen LogP contribution is -2.28. The number of aromatic amines is 1. The number of benzene rings is 2. The van der Waals surface area contributed by atoms with Gasteiger partial charge in [-0.1, -0.05) is 18.2 Å². The fourth-order valence-electron chi connectivity index (χ4n) is 3.06. The fourth-order valence-corrected chi connectivity index (χ4v) is 4.32. The van der Waals surface area contributed by atoms with Gasteiger partial charge in [-0.15, -0.1) is 0 Å². The summed E-state index contributed by atoms with van der Waals surface area (Å²) in [6, 6.07) is 12.4. The van der Waals surface area contributed by atoms with Crippen molar-refractivity contribution in [3.63, 3.8) is 0 Å². The minimum atomic E-state index is -3.67. The maximum atomic E-state index is 12.5. The number of ether oxygens (including phenoxy) is 1. The molecule has 0 saturated carbocycles. The molecular weight excluding hydrogens is 364 g/mol. The molecule has 0 saturated heterocycles. The van der Waals surface area contributed by atoms with Crippen molar-refractivity contribution in [3.05, 3.63) is 69.5 Å². The molecule has 0 aliphatic rings. The number of hydrogen-bond acceptors (Lipinski definition) is 4. The number of nitrogens with one attached hydrogen (secondary N) is 2. The number of pyridine rings is 1. The van der Waals surface area contributed by atoms with Gasteiger partial charge in [0.15, 0.2) is 0 Å². The second-order valence-electron chi connectivity index (χ2n) is 6.44. The van der Waals surface area contributed by atoms with E-state index in [0.29, 0.717) is 23.3 Å². The van der Waals surface area contributed by atoms with Gasteiger partial charge in [0.1, 0.15) is 5.75 Å². The van der Waals surface area contributed by atoms with Crippen LogP contribution < -0.4 is 15.0 Å². The van der Waals surface area contributed by atoms with Crippen LogP contribution in [0.3, 0.4) is 0 Å². The minimum Gasteiger partial charge on any atom is -0.497 e. The van der Waals surface area contributed by atoms with Crippen molar-refractivity contribution in [2.24, 2.45) is 0 Å². The van der Waals surface area contributed by atoms with Gasteiger partial charge in [0.2, 0.25) is 10.0 Å². The molecule has 3 aromatic rings. The van der Waals surface area contributed by atoms with Crippen molar-refractivity contribution >= 4 is 20.9 Å². The van der Waals surface area contributed by atoms with E-state index in [2.05, 4.69) is 9.71 Å². The molecular formula is C20H22N2O4S. The average Bonchev–Trinajstić information content (AvgIpc) is 2.62. The molecule has 1 aromatic heterocycles. The van der Waals surface area contributed by atoms with Crippen LogP contribution in [-0.4, -0.2) is 27.1 Å². The number of aromatic nitrogens is 1. The largest absolute Gasteiger partial charge is 0.497 e. The first-order valence-corrected chi connectivity index (χ1v) is 10.1. The molecule has 2 N–H and O–H groups in total. The first kappa shape index (κ1) is 19.1. The quantitative estimate of drug-likeness (QED) is 0.682. The molecule has 2 aromatic carbocycles. The van der Waals surface area contributed by atoms with E-state index in [1.807, 2.05) is 31.2 Å². The van der Waals surface area contributed by atoms with Crippen LogP contribution in [0.25, 0.3) is 10.9 Å². The molecule has 0 amide bonds. The summed E-state index contributed by atoms with van der Waals surface area (Å²) in [6.07, 6.45) is 0.299. The summed E-state index contributed by atoms with van der Waals surface area (Å²) in [4.78, 5) is 15.4. The van der Waals surface area contributed by atoms with Crippen molar-refractivity contribution < 1.29 is 13.2 Å². The summed E-state index contributed by atoms with van der Waals surface area (Å²) in [5.74, 6) is 0.601. The third-order valence-electron chi connectivity index (χ3n) is 4.52. The molecule has 0 aliphatic heterocycles. The molecule has 0 radical (unpaired) electrons. The summed E-state index contributed by atoms with van der Waals surface area (Å²) in [5, 5.41) is 0.929. The van der Waals surface area contributed by atoms with Gasteiger partial charge in [-0.25, -0.2) is 13.1 Å². The number of H-pyrrole nitrogens is 1. The zero-order valence-electron chi connectivity index (χ0n) is 15.5. The molecule has 0 aliphatic carbocycles. The SMILES string of the molecule is COc1ccc(S(=O)(=O)NCCc2cc3cccc(C)c3[nH]c2=O)c(C)c1. The highest BCUT2D eigenvalue weighted by atomic mass is 32.2. The number of rotatable bonds is 6. The molecule has 6 nitrogen and oxygen atoms in total. The normalized spacial score (nSPS) is 11.7. The fraction of sp³-hybridized carbons (Fsp3) is 0.250. The van der Waals surface area contributed by atoms with Gasteiger partial charge in [-0.2, -0.15) is 0 Å². The molecule has 0 fully saturated rings. The van der Waals surface area contributed by atoms with Crippen LogP contribution in [0, 0.1) is 13.8 Å². The second-order valence-corrected chi connectivity index (χ2v) is 8.18. The van der Waals surface area contributed by atoms with Crippen LogP contribution in [0.1, 0.15) is 16.7 Å². The predicted molar refractivity (Wildman–Crippen MR) is 106 cm³/mol. The molecule has 0 unspecified atom stereocenters. The first-order valence-electron chi connectivity index (χ1n) is 8.57. The lowest BCUT2D eigenvalue weighted by atomic mass is 10.1. The number of aryl methyl sites for hydroxylation is 2. The van der Waals surface area contributed by atoms with Crippen LogP contribution in [-0.2, 0) is 16.4 Å². The van der Waals surface area contributed by atoms with Gasteiger partial charge < -0.3 is 9.72 Å². The van der Waals surface area contributed by atoms with Crippen LogP contribution in [0.2, 0.25) is 0 Å². The molecule has 3 rings (SSSR count). The predicted octanol–water partition coefficient (Wildman–Crippen LogP) is 2.67. The van der Waals surface area contributed by atoms with E-state index in [4.69, 9.17) is 4.74 Å². The molecule has 0 spiro atoms. The van der Waals surface area contributed by atoms with Crippen LogP contribution in [0.4, 0.5) is 0 Å². The third-order valence-corrected chi connectivity index (χ3v) is 6.14. The maximum Gasteiger partial charge on any atom is 0.251 e. The van der Waals surface area contributed by atoms with Crippen molar-refractivity contribution in [3.8, 4) is 5.75 Å². The second kappa shape index (κ2) is 7.54.